The molecule has 0 aromatic heterocycles. The number of nitrogens with zero attached hydrogens (tertiary/aromatic N) is 1. The minimum atomic E-state index is -2.96. The summed E-state index contributed by atoms with van der Waals surface area (Å²) < 4.78 is 13.6. The molecule has 3 fully saturated rings. The molecule has 1 saturated carbocycles. The van der Waals surface area contributed by atoms with Crippen molar-refractivity contribution >= 4 is 49.2 Å². The number of imide groups is 1. The van der Waals surface area contributed by atoms with Crippen molar-refractivity contribution in [2.24, 2.45) is 17.8 Å². The summed E-state index contributed by atoms with van der Waals surface area (Å²) in [5, 5.41) is 24.2. The van der Waals surface area contributed by atoms with Gasteiger partial charge in [0.25, 0.3) is 8.32 Å². The molecule has 3 aromatic rings. The molecule has 2 aliphatic carbocycles. The Morgan fingerprint density at radius 1 is 0.918 bits per heavy atom. The van der Waals surface area contributed by atoms with E-state index in [4.69, 9.17) is 20.7 Å². The Bertz CT molecular complexity index is 1700. The SMILES string of the molecule is CC(C)(C)[Si](OCC1=C2B(O)O[C@H](c3ccc(O)cc3Cl)C[C@H]2[C@H]2C(=O)N(C3CCCCC3)C(=O)[C@H]2C1)(c1ccccc1)c1ccccc1. The number of likely N-dealkylation sites (tertiary alicyclic amines) is 1. The van der Waals surface area contributed by atoms with Gasteiger partial charge in [-0.15, -0.1) is 0 Å². The third-order valence-electron chi connectivity index (χ3n) is 11.4. The van der Waals surface area contributed by atoms with E-state index < -0.39 is 39.3 Å². The Kier molecular flexibility index (Phi) is 9.43. The smallest absolute Gasteiger partial charge is 0.487 e. The Hall–Kier alpha value is -3.21. The highest BCUT2D eigenvalue weighted by Crippen LogP contribution is 2.53. The van der Waals surface area contributed by atoms with Gasteiger partial charge in [0.15, 0.2) is 0 Å². The zero-order chi connectivity index (χ0) is 34.5. The molecule has 2 N–H and O–H groups in total. The van der Waals surface area contributed by atoms with Crippen LogP contribution in [0.15, 0.2) is 89.9 Å². The topological polar surface area (TPSA) is 96.3 Å². The lowest BCUT2D eigenvalue weighted by Crippen LogP contribution is -2.66. The fourth-order valence-corrected chi connectivity index (χ4v) is 14.0. The molecule has 0 unspecified atom stereocenters. The zero-order valence-electron chi connectivity index (χ0n) is 28.5. The molecule has 10 heteroatoms. The van der Waals surface area contributed by atoms with Crippen LogP contribution in [0.3, 0.4) is 0 Å². The predicted molar refractivity (Wildman–Crippen MR) is 194 cm³/mol. The average Bonchev–Trinajstić information content (AvgIpc) is 3.34. The highest BCUT2D eigenvalue weighted by atomic mass is 35.5. The molecule has 256 valence electrons. The molecule has 7 nitrogen and oxygen atoms in total. The Balaban J connectivity index is 1.31. The van der Waals surface area contributed by atoms with Crippen molar-refractivity contribution in [3.05, 3.63) is 100 Å². The van der Waals surface area contributed by atoms with Crippen molar-refractivity contribution in [2.45, 2.75) is 82.9 Å². The van der Waals surface area contributed by atoms with E-state index in [1.165, 1.54) is 6.07 Å². The largest absolute Gasteiger partial charge is 0.508 e. The second kappa shape index (κ2) is 13.5. The van der Waals surface area contributed by atoms with Gasteiger partial charge in [-0.1, -0.05) is 118 Å². The maximum atomic E-state index is 14.4. The molecular formula is C39H45BClNO6Si. The molecule has 2 aliphatic heterocycles. The Morgan fingerprint density at radius 2 is 1.55 bits per heavy atom. The average molecular weight is 698 g/mol. The summed E-state index contributed by atoms with van der Waals surface area (Å²) in [6, 6.07) is 25.4. The Labute approximate surface area is 295 Å². The monoisotopic (exact) mass is 697 g/mol. The normalized spacial score (nSPS) is 25.1. The van der Waals surface area contributed by atoms with E-state index in [0.29, 0.717) is 28.9 Å². The number of carbonyl (C=O) groups is 2. The van der Waals surface area contributed by atoms with E-state index in [0.717, 1.165) is 48.1 Å². The van der Waals surface area contributed by atoms with Gasteiger partial charge in [-0.3, -0.25) is 14.5 Å². The van der Waals surface area contributed by atoms with Gasteiger partial charge >= 0.3 is 7.12 Å². The van der Waals surface area contributed by atoms with Crippen LogP contribution in [0.2, 0.25) is 10.1 Å². The van der Waals surface area contributed by atoms with E-state index in [1.54, 1.807) is 17.0 Å². The van der Waals surface area contributed by atoms with E-state index in [1.807, 2.05) is 36.4 Å². The van der Waals surface area contributed by atoms with Gasteiger partial charge in [0, 0.05) is 11.1 Å². The standard InChI is InChI=1S/C39H45BClNO6Si/c1-39(2,3)49(28-15-9-5-10-16-28,29-17-11-6-12-18-29)47-24-25-21-32-35(38(45)42(37(32)44)26-13-7-4-8-14-26)31-23-34(48-40(46)36(25)31)30-20-19-27(43)22-33(30)41/h5-6,9-12,15-20,22,26,31-32,34-35,43,46H,4,7-8,13-14,21,23-24H2,1-3H3/t31-,32-,34-,35+/m0/s1. The molecule has 0 bridgehead atoms. The van der Waals surface area contributed by atoms with E-state index in [-0.39, 0.29) is 35.3 Å². The van der Waals surface area contributed by atoms with E-state index in [2.05, 4.69) is 45.0 Å². The first-order valence-electron chi connectivity index (χ1n) is 17.7. The minimum absolute atomic E-state index is 0.0332. The number of aromatic hydroxyl groups is 1. The number of allylic oxidation sites excluding steroid dienone is 1. The molecule has 2 saturated heterocycles. The molecule has 0 spiro atoms. The number of rotatable bonds is 7. The van der Waals surface area contributed by atoms with Crippen molar-refractivity contribution in [3.63, 3.8) is 0 Å². The Morgan fingerprint density at radius 3 is 2.14 bits per heavy atom. The van der Waals surface area contributed by atoms with Crippen LogP contribution >= 0.6 is 11.6 Å². The summed E-state index contributed by atoms with van der Waals surface area (Å²) in [6.45, 7) is 6.88. The summed E-state index contributed by atoms with van der Waals surface area (Å²) in [6.07, 6.45) is 4.90. The van der Waals surface area contributed by atoms with Gasteiger partial charge in [0.2, 0.25) is 11.8 Å². The zero-order valence-corrected chi connectivity index (χ0v) is 30.2. The summed E-state index contributed by atoms with van der Waals surface area (Å²) in [4.78, 5) is 30.3. The second-order valence-electron chi connectivity index (χ2n) is 15.2. The second-order valence-corrected chi connectivity index (χ2v) is 19.9. The highest BCUT2D eigenvalue weighted by molar-refractivity contribution is 6.99. The van der Waals surface area contributed by atoms with Gasteiger partial charge < -0.3 is 19.2 Å². The molecule has 3 aromatic carbocycles. The highest BCUT2D eigenvalue weighted by Gasteiger charge is 2.59. The van der Waals surface area contributed by atoms with Crippen LogP contribution in [0.1, 0.15) is 77.4 Å². The minimum Gasteiger partial charge on any atom is -0.508 e. The van der Waals surface area contributed by atoms with Crippen LogP contribution in [0.25, 0.3) is 0 Å². The molecule has 4 atom stereocenters. The predicted octanol–water partition coefficient (Wildman–Crippen LogP) is 6.35. The lowest BCUT2D eigenvalue weighted by atomic mass is 9.55. The van der Waals surface area contributed by atoms with Crippen LogP contribution in [-0.4, -0.2) is 54.9 Å². The third kappa shape index (κ3) is 6.01. The fourth-order valence-electron chi connectivity index (χ4n) is 9.20. The van der Waals surface area contributed by atoms with Crippen molar-refractivity contribution in [2.75, 3.05) is 6.61 Å². The van der Waals surface area contributed by atoms with Gasteiger partial charge in [-0.2, -0.15) is 0 Å². The van der Waals surface area contributed by atoms with Crippen molar-refractivity contribution < 1.29 is 28.8 Å². The number of carbonyl (C=O) groups excluding carboxylic acids is 2. The number of fused-ring (bicyclic) bond motifs is 3. The van der Waals surface area contributed by atoms with Crippen LogP contribution in [0.5, 0.6) is 5.75 Å². The molecular weight excluding hydrogens is 653 g/mol. The maximum Gasteiger partial charge on any atom is 0.487 e. The molecule has 2 heterocycles. The van der Waals surface area contributed by atoms with Gasteiger partial charge in [0.05, 0.1) is 24.5 Å². The third-order valence-corrected chi connectivity index (χ3v) is 16.7. The molecule has 0 radical (unpaired) electrons. The molecule has 2 amide bonds. The lowest BCUT2D eigenvalue weighted by molar-refractivity contribution is -0.143. The number of hydrogen-bond donors (Lipinski definition) is 2. The summed E-state index contributed by atoms with van der Waals surface area (Å²) in [5.74, 6) is -1.73. The van der Waals surface area contributed by atoms with Crippen molar-refractivity contribution in [3.8, 4) is 5.75 Å². The molecule has 49 heavy (non-hydrogen) atoms. The van der Waals surface area contributed by atoms with Crippen molar-refractivity contribution in [1.82, 2.24) is 4.90 Å². The molecule has 7 rings (SSSR count). The van der Waals surface area contributed by atoms with Crippen molar-refractivity contribution in [1.29, 1.82) is 0 Å². The first-order valence-corrected chi connectivity index (χ1v) is 20.0. The summed E-state index contributed by atoms with van der Waals surface area (Å²) >= 11 is 6.58. The first-order chi connectivity index (χ1) is 23.5. The maximum absolute atomic E-state index is 14.4. The van der Waals surface area contributed by atoms with Crippen LogP contribution < -0.4 is 10.4 Å². The number of halogens is 1. The van der Waals surface area contributed by atoms with Crippen LogP contribution in [0.4, 0.5) is 0 Å². The number of amides is 2. The van der Waals surface area contributed by atoms with Gasteiger partial charge in [-0.05, 0) is 75.8 Å². The quantitative estimate of drug-likeness (QED) is 0.221. The number of hydrogen-bond acceptors (Lipinski definition) is 6. The number of phenolic OH excluding ortho intramolecular Hbond substituents is 1. The summed E-state index contributed by atoms with van der Waals surface area (Å²) in [7, 11) is -4.26. The number of benzene rings is 3. The first kappa shape index (κ1) is 34.3. The van der Waals surface area contributed by atoms with Gasteiger partial charge in [0.1, 0.15) is 5.75 Å². The van der Waals surface area contributed by atoms with E-state index in [9.17, 15) is 19.7 Å². The van der Waals surface area contributed by atoms with Gasteiger partial charge in [-0.25, -0.2) is 0 Å². The summed E-state index contributed by atoms with van der Waals surface area (Å²) in [5.41, 5.74) is 2.14. The number of phenols is 1. The molecule has 4 aliphatic rings. The van der Waals surface area contributed by atoms with Crippen LogP contribution in [-0.2, 0) is 18.7 Å². The fraction of sp³-hybridized carbons (Fsp3) is 0.436. The van der Waals surface area contributed by atoms with Crippen LogP contribution in [0, 0.1) is 17.8 Å². The lowest BCUT2D eigenvalue weighted by Gasteiger charge is -2.45. The van der Waals surface area contributed by atoms with E-state index >= 15 is 0 Å².